The van der Waals surface area contributed by atoms with E-state index >= 15 is 0 Å². The topological polar surface area (TPSA) is 62.7 Å². The van der Waals surface area contributed by atoms with Gasteiger partial charge < -0.3 is 10.6 Å². The van der Waals surface area contributed by atoms with Crippen molar-refractivity contribution in [2.45, 2.75) is 25.8 Å². The fourth-order valence-electron chi connectivity index (χ4n) is 2.07. The average Bonchev–Trinajstić information content (AvgIpc) is 3.01. The molecule has 0 aliphatic carbocycles. The summed E-state index contributed by atoms with van der Waals surface area (Å²) in [7, 11) is 0. The van der Waals surface area contributed by atoms with E-state index in [1.54, 1.807) is 17.5 Å². The summed E-state index contributed by atoms with van der Waals surface area (Å²) in [5.74, 6) is 0.760. The number of hydrogen-bond acceptors (Lipinski definition) is 6. The van der Waals surface area contributed by atoms with Gasteiger partial charge in [0.05, 0.1) is 24.1 Å². The van der Waals surface area contributed by atoms with Gasteiger partial charge in [-0.25, -0.2) is 9.97 Å². The van der Waals surface area contributed by atoms with Gasteiger partial charge >= 0.3 is 0 Å². The zero-order chi connectivity index (χ0) is 12.4. The van der Waals surface area contributed by atoms with Crippen molar-refractivity contribution >= 4 is 22.3 Å². The Bertz CT molecular complexity index is 533. The van der Waals surface area contributed by atoms with Crippen LogP contribution >= 0.6 is 11.3 Å². The van der Waals surface area contributed by atoms with E-state index < -0.39 is 0 Å². The summed E-state index contributed by atoms with van der Waals surface area (Å²) in [6, 6.07) is 0.345. The molecule has 3 heterocycles. The van der Waals surface area contributed by atoms with E-state index in [1.165, 1.54) is 11.3 Å². The third-order valence-electron chi connectivity index (χ3n) is 2.93. The van der Waals surface area contributed by atoms with Crippen LogP contribution in [-0.2, 0) is 0 Å². The average molecular weight is 261 g/mol. The first-order valence-corrected chi connectivity index (χ1v) is 6.88. The molecule has 1 unspecified atom stereocenters. The summed E-state index contributed by atoms with van der Waals surface area (Å²) < 4.78 is 0. The maximum atomic E-state index is 4.59. The van der Waals surface area contributed by atoms with Crippen LogP contribution in [0.4, 0.5) is 10.9 Å². The summed E-state index contributed by atoms with van der Waals surface area (Å²) in [5, 5.41) is 7.48. The Morgan fingerprint density at radius 2 is 2.33 bits per heavy atom. The number of aryl methyl sites for hydroxylation is 1. The molecule has 0 bridgehead atoms. The second-order valence-electron chi connectivity index (χ2n) is 4.38. The molecule has 6 heteroatoms. The Hall–Kier alpha value is -1.53. The molecule has 2 aromatic heterocycles. The standard InChI is InChI=1S/C12H15N5S/c1-8-5-15-12(18-8)17-11-7-13-6-10(16-11)9-3-2-4-14-9/h5-7,9,14H,2-4H2,1H3,(H,15,16,17). The molecule has 1 fully saturated rings. The molecule has 1 aliphatic rings. The summed E-state index contributed by atoms with van der Waals surface area (Å²) in [6.45, 7) is 3.10. The van der Waals surface area contributed by atoms with Crippen LogP contribution in [0.3, 0.4) is 0 Å². The molecule has 0 aromatic carbocycles. The zero-order valence-electron chi connectivity index (χ0n) is 10.2. The number of rotatable bonds is 3. The summed E-state index contributed by atoms with van der Waals surface area (Å²) in [5.41, 5.74) is 1.01. The van der Waals surface area contributed by atoms with Crippen molar-refractivity contribution in [1.29, 1.82) is 0 Å². The molecule has 0 amide bonds. The van der Waals surface area contributed by atoms with Crippen molar-refractivity contribution in [3.05, 3.63) is 29.2 Å². The molecule has 0 saturated carbocycles. The van der Waals surface area contributed by atoms with Crippen molar-refractivity contribution in [2.75, 3.05) is 11.9 Å². The van der Waals surface area contributed by atoms with Gasteiger partial charge in [0.15, 0.2) is 10.9 Å². The van der Waals surface area contributed by atoms with Gasteiger partial charge in [0, 0.05) is 11.1 Å². The van der Waals surface area contributed by atoms with E-state index in [1.807, 2.05) is 19.3 Å². The summed E-state index contributed by atoms with van der Waals surface area (Å²) in [6.07, 6.45) is 7.75. The van der Waals surface area contributed by atoms with Crippen LogP contribution in [0, 0.1) is 6.92 Å². The normalized spacial score (nSPS) is 19.1. The third kappa shape index (κ3) is 2.49. The van der Waals surface area contributed by atoms with Gasteiger partial charge in [-0.05, 0) is 26.3 Å². The van der Waals surface area contributed by atoms with E-state index in [9.17, 15) is 0 Å². The van der Waals surface area contributed by atoms with Crippen molar-refractivity contribution in [3.63, 3.8) is 0 Å². The largest absolute Gasteiger partial charge is 0.315 e. The lowest BCUT2D eigenvalue weighted by Gasteiger charge is -2.10. The highest BCUT2D eigenvalue weighted by Gasteiger charge is 2.18. The Kier molecular flexibility index (Phi) is 3.21. The van der Waals surface area contributed by atoms with Crippen LogP contribution in [0.1, 0.15) is 29.5 Å². The first-order chi connectivity index (χ1) is 8.81. The van der Waals surface area contributed by atoms with Gasteiger partial charge in [0.2, 0.25) is 0 Å². The predicted octanol–water partition coefficient (Wildman–Crippen LogP) is 2.41. The minimum atomic E-state index is 0.345. The van der Waals surface area contributed by atoms with Crippen LogP contribution in [-0.4, -0.2) is 21.5 Å². The lowest BCUT2D eigenvalue weighted by Crippen LogP contribution is -2.15. The van der Waals surface area contributed by atoms with Crippen molar-refractivity contribution in [2.24, 2.45) is 0 Å². The van der Waals surface area contributed by atoms with Gasteiger partial charge in [0.1, 0.15) is 0 Å². The van der Waals surface area contributed by atoms with E-state index in [4.69, 9.17) is 0 Å². The maximum Gasteiger partial charge on any atom is 0.188 e. The molecular formula is C12H15N5S. The van der Waals surface area contributed by atoms with Crippen LogP contribution < -0.4 is 10.6 Å². The van der Waals surface area contributed by atoms with Crippen LogP contribution in [0.2, 0.25) is 0 Å². The SMILES string of the molecule is Cc1cnc(Nc2cncc(C3CCCN3)n2)s1. The number of hydrogen-bond donors (Lipinski definition) is 2. The molecule has 2 N–H and O–H groups in total. The van der Waals surface area contributed by atoms with E-state index in [0.29, 0.717) is 6.04 Å². The molecule has 0 radical (unpaired) electrons. The molecular weight excluding hydrogens is 246 g/mol. The highest BCUT2D eigenvalue weighted by molar-refractivity contribution is 7.15. The van der Waals surface area contributed by atoms with E-state index in [0.717, 1.165) is 29.6 Å². The molecule has 94 valence electrons. The van der Waals surface area contributed by atoms with Gasteiger partial charge in [-0.2, -0.15) is 0 Å². The van der Waals surface area contributed by atoms with Gasteiger partial charge in [-0.15, -0.1) is 11.3 Å². The molecule has 5 nitrogen and oxygen atoms in total. The van der Waals surface area contributed by atoms with Crippen molar-refractivity contribution < 1.29 is 0 Å². The number of thiazole rings is 1. The lowest BCUT2D eigenvalue weighted by molar-refractivity contribution is 0.625. The fraction of sp³-hybridized carbons (Fsp3) is 0.417. The van der Waals surface area contributed by atoms with Crippen LogP contribution in [0.25, 0.3) is 0 Å². The molecule has 3 rings (SSSR count). The number of nitrogens with one attached hydrogen (secondary N) is 2. The smallest absolute Gasteiger partial charge is 0.188 e. The second-order valence-corrected chi connectivity index (χ2v) is 5.61. The van der Waals surface area contributed by atoms with Crippen molar-refractivity contribution in [1.82, 2.24) is 20.3 Å². The summed E-state index contributed by atoms with van der Waals surface area (Å²) in [4.78, 5) is 14.3. The monoisotopic (exact) mass is 261 g/mol. The Balaban J connectivity index is 1.78. The van der Waals surface area contributed by atoms with Crippen LogP contribution in [0.5, 0.6) is 0 Å². The number of anilines is 2. The first kappa shape index (κ1) is 11.6. The zero-order valence-corrected chi connectivity index (χ0v) is 11.0. The van der Waals surface area contributed by atoms with Gasteiger partial charge in [-0.1, -0.05) is 0 Å². The van der Waals surface area contributed by atoms with E-state index in [2.05, 4.69) is 25.6 Å². The highest BCUT2D eigenvalue weighted by Crippen LogP contribution is 2.24. The van der Waals surface area contributed by atoms with Crippen molar-refractivity contribution in [3.8, 4) is 0 Å². The van der Waals surface area contributed by atoms with Gasteiger partial charge in [-0.3, -0.25) is 4.98 Å². The second kappa shape index (κ2) is 4.99. The number of nitrogens with zero attached hydrogens (tertiary/aromatic N) is 3. The third-order valence-corrected chi connectivity index (χ3v) is 3.75. The van der Waals surface area contributed by atoms with Crippen LogP contribution in [0.15, 0.2) is 18.6 Å². The molecule has 1 aliphatic heterocycles. The predicted molar refractivity (Wildman–Crippen MR) is 72.1 cm³/mol. The molecule has 18 heavy (non-hydrogen) atoms. The summed E-state index contributed by atoms with van der Waals surface area (Å²) >= 11 is 1.62. The molecule has 0 spiro atoms. The van der Waals surface area contributed by atoms with E-state index in [-0.39, 0.29) is 0 Å². The van der Waals surface area contributed by atoms with Gasteiger partial charge in [0.25, 0.3) is 0 Å². The lowest BCUT2D eigenvalue weighted by atomic mass is 10.2. The highest BCUT2D eigenvalue weighted by atomic mass is 32.1. The quantitative estimate of drug-likeness (QED) is 0.888. The molecule has 1 atom stereocenters. The first-order valence-electron chi connectivity index (χ1n) is 6.06. The number of aromatic nitrogens is 3. The molecule has 2 aromatic rings. The minimum absolute atomic E-state index is 0.345. The fourth-order valence-corrected chi connectivity index (χ4v) is 2.74. The maximum absolute atomic E-state index is 4.59. The Labute approximate surface area is 110 Å². The Morgan fingerprint density at radius 1 is 1.39 bits per heavy atom. The Morgan fingerprint density at radius 3 is 3.06 bits per heavy atom. The minimum Gasteiger partial charge on any atom is -0.315 e. The molecule has 1 saturated heterocycles.